The van der Waals surface area contributed by atoms with Crippen molar-refractivity contribution in [1.82, 2.24) is 4.98 Å². The highest BCUT2D eigenvalue weighted by molar-refractivity contribution is 5.93. The number of ether oxygens (including phenoxy) is 2. The van der Waals surface area contributed by atoms with Crippen LogP contribution in [0.3, 0.4) is 0 Å². The van der Waals surface area contributed by atoms with E-state index in [1.165, 1.54) is 0 Å². The van der Waals surface area contributed by atoms with E-state index in [1.54, 1.807) is 31.5 Å². The van der Waals surface area contributed by atoms with Gasteiger partial charge in [0.25, 0.3) is 5.91 Å². The van der Waals surface area contributed by atoms with Gasteiger partial charge in [-0.2, -0.15) is 0 Å². The van der Waals surface area contributed by atoms with E-state index in [-0.39, 0.29) is 12.5 Å². The number of nitrogens with zero attached hydrogens (tertiary/aromatic N) is 1. The lowest BCUT2D eigenvalue weighted by atomic mass is 10.3. The fourth-order valence-corrected chi connectivity index (χ4v) is 1.62. The largest absolute Gasteiger partial charge is 0.495 e. The van der Waals surface area contributed by atoms with Crippen molar-refractivity contribution in [1.29, 1.82) is 0 Å². The van der Waals surface area contributed by atoms with Crippen molar-refractivity contribution in [2.75, 3.05) is 19.0 Å². The van der Waals surface area contributed by atoms with Crippen LogP contribution in [0.15, 0.2) is 42.6 Å². The van der Waals surface area contributed by atoms with Crippen LogP contribution in [0.2, 0.25) is 0 Å². The summed E-state index contributed by atoms with van der Waals surface area (Å²) in [6.45, 7) is 1.81. The number of amides is 1. The van der Waals surface area contributed by atoms with E-state index < -0.39 is 0 Å². The van der Waals surface area contributed by atoms with Gasteiger partial charge in [-0.25, -0.2) is 0 Å². The van der Waals surface area contributed by atoms with Crippen LogP contribution < -0.4 is 14.8 Å². The quantitative estimate of drug-likeness (QED) is 0.908. The van der Waals surface area contributed by atoms with Crippen LogP contribution in [-0.2, 0) is 4.79 Å². The molecule has 5 nitrogen and oxygen atoms in total. The van der Waals surface area contributed by atoms with E-state index in [4.69, 9.17) is 9.47 Å². The van der Waals surface area contributed by atoms with Gasteiger partial charge in [0.1, 0.15) is 11.5 Å². The molecule has 0 saturated carbocycles. The lowest BCUT2D eigenvalue weighted by Crippen LogP contribution is -2.20. The highest BCUT2D eigenvalue weighted by Crippen LogP contribution is 2.22. The minimum Gasteiger partial charge on any atom is -0.495 e. The van der Waals surface area contributed by atoms with Crippen molar-refractivity contribution in [2.45, 2.75) is 6.92 Å². The number of aromatic nitrogens is 1. The van der Waals surface area contributed by atoms with Gasteiger partial charge in [-0.1, -0.05) is 12.1 Å². The van der Waals surface area contributed by atoms with Crippen LogP contribution in [0.1, 0.15) is 5.69 Å². The molecule has 0 radical (unpaired) electrons. The summed E-state index contributed by atoms with van der Waals surface area (Å²) in [5.74, 6) is 0.915. The lowest BCUT2D eigenvalue weighted by Gasteiger charge is -2.10. The second-order valence-electron chi connectivity index (χ2n) is 4.17. The first-order valence-electron chi connectivity index (χ1n) is 6.17. The SMILES string of the molecule is COc1ccccc1NC(=O)COc1ccc(C)nc1. The highest BCUT2D eigenvalue weighted by atomic mass is 16.5. The second kappa shape index (κ2) is 6.56. The summed E-state index contributed by atoms with van der Waals surface area (Å²) >= 11 is 0. The number of carbonyl (C=O) groups excluding carboxylic acids is 1. The summed E-state index contributed by atoms with van der Waals surface area (Å²) in [4.78, 5) is 15.9. The number of pyridine rings is 1. The van der Waals surface area contributed by atoms with Crippen LogP contribution in [0.5, 0.6) is 11.5 Å². The summed E-state index contributed by atoms with van der Waals surface area (Å²) in [5, 5.41) is 2.73. The summed E-state index contributed by atoms with van der Waals surface area (Å²) < 4.78 is 10.5. The number of anilines is 1. The number of aryl methyl sites for hydroxylation is 1. The summed E-state index contributed by atoms with van der Waals surface area (Å²) in [7, 11) is 1.56. The van der Waals surface area contributed by atoms with Crippen LogP contribution in [-0.4, -0.2) is 24.6 Å². The minimum absolute atomic E-state index is 0.0806. The Balaban J connectivity index is 1.91. The summed E-state index contributed by atoms with van der Waals surface area (Å²) in [6, 6.07) is 10.8. The van der Waals surface area contributed by atoms with Crippen molar-refractivity contribution in [2.24, 2.45) is 0 Å². The Bertz CT molecular complexity index is 582. The van der Waals surface area contributed by atoms with Gasteiger partial charge in [0.2, 0.25) is 0 Å². The number of rotatable bonds is 5. The molecule has 0 aliphatic heterocycles. The topological polar surface area (TPSA) is 60.5 Å². The molecule has 0 bridgehead atoms. The Hall–Kier alpha value is -2.56. The van der Waals surface area contributed by atoms with Gasteiger partial charge >= 0.3 is 0 Å². The fraction of sp³-hybridized carbons (Fsp3) is 0.200. The molecule has 0 aliphatic carbocycles. The Morgan fingerprint density at radius 3 is 2.75 bits per heavy atom. The molecule has 0 unspecified atom stereocenters. The highest BCUT2D eigenvalue weighted by Gasteiger charge is 2.07. The monoisotopic (exact) mass is 272 g/mol. The zero-order valence-corrected chi connectivity index (χ0v) is 11.4. The van der Waals surface area contributed by atoms with E-state index in [0.717, 1.165) is 5.69 Å². The maximum Gasteiger partial charge on any atom is 0.262 e. The summed E-state index contributed by atoms with van der Waals surface area (Å²) in [6.07, 6.45) is 1.59. The average molecular weight is 272 g/mol. The van der Waals surface area contributed by atoms with Gasteiger partial charge in [-0.3, -0.25) is 9.78 Å². The zero-order chi connectivity index (χ0) is 14.4. The molecule has 2 aromatic rings. The Morgan fingerprint density at radius 2 is 2.05 bits per heavy atom. The van der Waals surface area contributed by atoms with E-state index >= 15 is 0 Å². The standard InChI is InChI=1S/C15H16N2O3/c1-11-7-8-12(9-16-11)20-10-15(18)17-13-5-3-4-6-14(13)19-2/h3-9H,10H2,1-2H3,(H,17,18). The minimum atomic E-state index is -0.255. The molecule has 104 valence electrons. The van der Waals surface area contributed by atoms with E-state index in [1.807, 2.05) is 25.1 Å². The van der Waals surface area contributed by atoms with Gasteiger partial charge in [-0.05, 0) is 31.2 Å². The zero-order valence-electron chi connectivity index (χ0n) is 11.4. The van der Waals surface area contributed by atoms with Gasteiger partial charge in [-0.15, -0.1) is 0 Å². The van der Waals surface area contributed by atoms with Gasteiger partial charge in [0.05, 0.1) is 19.0 Å². The predicted molar refractivity (Wildman–Crippen MR) is 76.1 cm³/mol. The molecule has 0 saturated heterocycles. The third kappa shape index (κ3) is 3.71. The van der Waals surface area contributed by atoms with Crippen LogP contribution in [0.25, 0.3) is 0 Å². The van der Waals surface area contributed by atoms with Crippen molar-refractivity contribution < 1.29 is 14.3 Å². The molecule has 1 amide bonds. The van der Waals surface area contributed by atoms with E-state index in [9.17, 15) is 4.79 Å². The molecule has 0 aliphatic rings. The molecule has 2 rings (SSSR count). The van der Waals surface area contributed by atoms with E-state index in [0.29, 0.717) is 17.2 Å². The first-order valence-corrected chi connectivity index (χ1v) is 6.17. The molecule has 20 heavy (non-hydrogen) atoms. The van der Waals surface area contributed by atoms with Gasteiger partial charge in [0, 0.05) is 5.69 Å². The number of nitrogens with one attached hydrogen (secondary N) is 1. The normalized spacial score (nSPS) is 9.90. The summed E-state index contributed by atoms with van der Waals surface area (Å²) in [5.41, 5.74) is 1.52. The van der Waals surface area contributed by atoms with Gasteiger partial charge in [0.15, 0.2) is 6.61 Å². The maximum absolute atomic E-state index is 11.8. The third-order valence-electron chi connectivity index (χ3n) is 2.64. The number of benzene rings is 1. The van der Waals surface area contributed by atoms with Crippen molar-refractivity contribution in [3.63, 3.8) is 0 Å². The molecule has 1 N–H and O–H groups in total. The van der Waals surface area contributed by atoms with Crippen LogP contribution in [0.4, 0.5) is 5.69 Å². The molecule has 0 fully saturated rings. The molecular weight excluding hydrogens is 256 g/mol. The molecule has 0 spiro atoms. The number of hydrogen-bond acceptors (Lipinski definition) is 4. The second-order valence-corrected chi connectivity index (χ2v) is 4.17. The molecule has 1 aromatic carbocycles. The molecular formula is C15H16N2O3. The maximum atomic E-state index is 11.8. The first-order chi connectivity index (χ1) is 9.69. The average Bonchev–Trinajstić information content (AvgIpc) is 2.47. The lowest BCUT2D eigenvalue weighted by molar-refractivity contribution is -0.118. The predicted octanol–water partition coefficient (Wildman–Crippen LogP) is 2.42. The Kier molecular flexibility index (Phi) is 4.55. The number of para-hydroxylation sites is 2. The molecule has 5 heteroatoms. The Morgan fingerprint density at radius 1 is 1.25 bits per heavy atom. The number of hydrogen-bond donors (Lipinski definition) is 1. The number of methoxy groups -OCH3 is 1. The smallest absolute Gasteiger partial charge is 0.262 e. The van der Waals surface area contributed by atoms with Crippen molar-refractivity contribution >= 4 is 11.6 Å². The van der Waals surface area contributed by atoms with Crippen molar-refractivity contribution in [3.8, 4) is 11.5 Å². The molecule has 0 atom stereocenters. The fourth-order valence-electron chi connectivity index (χ4n) is 1.62. The van der Waals surface area contributed by atoms with Gasteiger partial charge < -0.3 is 14.8 Å². The Labute approximate surface area is 117 Å². The molecule has 1 heterocycles. The van der Waals surface area contributed by atoms with Crippen LogP contribution >= 0.6 is 0 Å². The van der Waals surface area contributed by atoms with Crippen molar-refractivity contribution in [3.05, 3.63) is 48.3 Å². The van der Waals surface area contributed by atoms with Crippen LogP contribution in [0, 0.1) is 6.92 Å². The molecule has 1 aromatic heterocycles. The number of carbonyl (C=O) groups is 1. The first kappa shape index (κ1) is 13.9. The third-order valence-corrected chi connectivity index (χ3v) is 2.64. The van der Waals surface area contributed by atoms with E-state index in [2.05, 4.69) is 10.3 Å².